The van der Waals surface area contributed by atoms with Crippen molar-refractivity contribution in [3.05, 3.63) is 54.1 Å². The largest absolute Gasteiger partial charge is 0.383 e. The molecule has 0 aliphatic heterocycles. The highest BCUT2D eigenvalue weighted by Crippen LogP contribution is 2.24. The van der Waals surface area contributed by atoms with Gasteiger partial charge in [0, 0.05) is 30.7 Å². The first-order valence-electron chi connectivity index (χ1n) is 8.32. The molecule has 146 valence electrons. The second-order valence-electron chi connectivity index (χ2n) is 6.02. The molecule has 0 fully saturated rings. The fourth-order valence-electron chi connectivity index (χ4n) is 2.47. The van der Waals surface area contributed by atoms with Gasteiger partial charge in [0.05, 0.1) is 17.2 Å². The molecule has 0 spiro atoms. The van der Waals surface area contributed by atoms with Gasteiger partial charge in [0.25, 0.3) is 15.9 Å². The zero-order valence-corrected chi connectivity index (χ0v) is 17.4. The third-order valence-electron chi connectivity index (χ3n) is 4.01. The van der Waals surface area contributed by atoms with E-state index in [1.807, 2.05) is 13.2 Å². The normalized spacial score (nSPS) is 12.4. The molecule has 2 aromatic carbocycles. The Labute approximate surface area is 165 Å². The van der Waals surface area contributed by atoms with Gasteiger partial charge in [-0.15, -0.1) is 11.8 Å². The van der Waals surface area contributed by atoms with Crippen LogP contribution in [0.2, 0.25) is 0 Å². The number of anilines is 1. The quantitative estimate of drug-likeness (QED) is 0.680. The van der Waals surface area contributed by atoms with E-state index >= 15 is 0 Å². The molecule has 0 radical (unpaired) electrons. The van der Waals surface area contributed by atoms with Crippen LogP contribution in [0.25, 0.3) is 0 Å². The number of nitrogens with one attached hydrogen (secondary N) is 1. The van der Waals surface area contributed by atoms with E-state index < -0.39 is 10.0 Å². The third-order valence-corrected chi connectivity index (χ3v) is 6.55. The first-order valence-corrected chi connectivity index (χ1v) is 11.0. The lowest BCUT2D eigenvalue weighted by Gasteiger charge is -2.20. The van der Waals surface area contributed by atoms with Crippen molar-refractivity contribution in [3.8, 4) is 0 Å². The van der Waals surface area contributed by atoms with Gasteiger partial charge in [0.15, 0.2) is 0 Å². The fourth-order valence-corrected chi connectivity index (χ4v) is 4.07. The van der Waals surface area contributed by atoms with Gasteiger partial charge in [-0.1, -0.05) is 0 Å². The SMILES string of the molecule is COC[C@H](C)NC(=O)c1ccc(N(C)S(=O)(=O)c2ccc(SC)cc2)cc1. The lowest BCUT2D eigenvalue weighted by atomic mass is 10.2. The lowest BCUT2D eigenvalue weighted by Crippen LogP contribution is -2.35. The van der Waals surface area contributed by atoms with E-state index in [1.165, 1.54) is 11.4 Å². The summed E-state index contributed by atoms with van der Waals surface area (Å²) in [5, 5.41) is 2.81. The van der Waals surface area contributed by atoms with Crippen molar-refractivity contribution in [2.24, 2.45) is 0 Å². The Bertz CT molecular complexity index is 866. The molecule has 27 heavy (non-hydrogen) atoms. The number of sulfonamides is 1. The van der Waals surface area contributed by atoms with Crippen LogP contribution in [0.15, 0.2) is 58.3 Å². The summed E-state index contributed by atoms with van der Waals surface area (Å²) in [7, 11) is -0.604. The molecule has 1 atom stereocenters. The van der Waals surface area contributed by atoms with Crippen LogP contribution in [-0.2, 0) is 14.8 Å². The number of benzene rings is 2. The zero-order chi connectivity index (χ0) is 20.0. The summed E-state index contributed by atoms with van der Waals surface area (Å²) in [6.45, 7) is 2.26. The minimum Gasteiger partial charge on any atom is -0.383 e. The Kier molecular flexibility index (Phi) is 7.29. The number of carbonyl (C=O) groups excluding carboxylic acids is 1. The van der Waals surface area contributed by atoms with Gasteiger partial charge in [-0.05, 0) is 61.7 Å². The summed E-state index contributed by atoms with van der Waals surface area (Å²) in [4.78, 5) is 13.4. The maximum atomic E-state index is 12.8. The Morgan fingerprint density at radius 3 is 2.26 bits per heavy atom. The van der Waals surface area contributed by atoms with Crippen LogP contribution in [0.4, 0.5) is 5.69 Å². The predicted octanol–water partition coefficient (Wildman–Crippen LogP) is 3.00. The Hall–Kier alpha value is -2.03. The van der Waals surface area contributed by atoms with Crippen molar-refractivity contribution in [2.75, 3.05) is 31.3 Å². The molecule has 2 aromatic rings. The van der Waals surface area contributed by atoms with Gasteiger partial charge in [0.2, 0.25) is 0 Å². The van der Waals surface area contributed by atoms with Crippen LogP contribution in [0.5, 0.6) is 0 Å². The number of ether oxygens (including phenoxy) is 1. The second-order valence-corrected chi connectivity index (χ2v) is 8.87. The van der Waals surface area contributed by atoms with Crippen molar-refractivity contribution in [1.82, 2.24) is 5.32 Å². The molecule has 8 heteroatoms. The van der Waals surface area contributed by atoms with Crippen LogP contribution in [-0.4, -0.2) is 47.4 Å². The molecular formula is C19H24N2O4S2. The maximum Gasteiger partial charge on any atom is 0.264 e. The van der Waals surface area contributed by atoms with Crippen molar-refractivity contribution >= 4 is 33.4 Å². The highest BCUT2D eigenvalue weighted by Gasteiger charge is 2.21. The number of methoxy groups -OCH3 is 1. The molecule has 2 rings (SSSR count). The molecule has 0 bridgehead atoms. The van der Waals surface area contributed by atoms with Gasteiger partial charge in [-0.2, -0.15) is 0 Å². The van der Waals surface area contributed by atoms with Crippen molar-refractivity contribution in [1.29, 1.82) is 0 Å². The average molecular weight is 409 g/mol. The van der Waals surface area contributed by atoms with Crippen molar-refractivity contribution < 1.29 is 17.9 Å². The van der Waals surface area contributed by atoms with Gasteiger partial charge < -0.3 is 10.1 Å². The summed E-state index contributed by atoms with van der Waals surface area (Å²) < 4.78 is 31.8. The van der Waals surface area contributed by atoms with E-state index in [0.717, 1.165) is 4.90 Å². The van der Waals surface area contributed by atoms with Gasteiger partial charge in [0.1, 0.15) is 0 Å². The summed E-state index contributed by atoms with van der Waals surface area (Å²) >= 11 is 1.55. The van der Waals surface area contributed by atoms with Gasteiger partial charge in [-0.3, -0.25) is 9.10 Å². The Balaban J connectivity index is 2.16. The van der Waals surface area contributed by atoms with Gasteiger partial charge in [-0.25, -0.2) is 8.42 Å². The van der Waals surface area contributed by atoms with E-state index in [1.54, 1.807) is 67.4 Å². The Morgan fingerprint density at radius 2 is 1.74 bits per heavy atom. The number of hydrogen-bond acceptors (Lipinski definition) is 5. The molecule has 1 N–H and O–H groups in total. The average Bonchev–Trinajstić information content (AvgIpc) is 2.67. The molecule has 0 heterocycles. The second kappa shape index (κ2) is 9.25. The summed E-state index contributed by atoms with van der Waals surface area (Å²) in [5.74, 6) is -0.232. The van der Waals surface area contributed by atoms with Crippen LogP contribution < -0.4 is 9.62 Å². The highest BCUT2D eigenvalue weighted by atomic mass is 32.2. The van der Waals surface area contributed by atoms with Crippen molar-refractivity contribution in [2.45, 2.75) is 22.8 Å². The van der Waals surface area contributed by atoms with E-state index in [2.05, 4.69) is 5.32 Å². The predicted molar refractivity (Wildman–Crippen MR) is 109 cm³/mol. The molecule has 6 nitrogen and oxygen atoms in total. The topological polar surface area (TPSA) is 75.7 Å². The molecular weight excluding hydrogens is 384 g/mol. The molecule has 1 amide bonds. The number of rotatable bonds is 8. The van der Waals surface area contributed by atoms with Crippen LogP contribution in [0.1, 0.15) is 17.3 Å². The maximum absolute atomic E-state index is 12.8. The molecule has 0 saturated heterocycles. The van der Waals surface area contributed by atoms with Gasteiger partial charge >= 0.3 is 0 Å². The molecule has 0 unspecified atom stereocenters. The van der Waals surface area contributed by atoms with E-state index in [0.29, 0.717) is 17.9 Å². The smallest absolute Gasteiger partial charge is 0.264 e. The van der Waals surface area contributed by atoms with Crippen LogP contribution in [0.3, 0.4) is 0 Å². The first-order chi connectivity index (χ1) is 12.8. The number of carbonyl (C=O) groups is 1. The molecule has 0 saturated carbocycles. The molecule has 0 aliphatic carbocycles. The Morgan fingerprint density at radius 1 is 1.15 bits per heavy atom. The lowest BCUT2D eigenvalue weighted by molar-refractivity contribution is 0.0905. The summed E-state index contributed by atoms with van der Waals surface area (Å²) in [5.41, 5.74) is 0.933. The molecule has 0 aliphatic rings. The van der Waals surface area contributed by atoms with Crippen LogP contribution in [0, 0.1) is 0 Å². The third kappa shape index (κ3) is 5.24. The molecule has 0 aromatic heterocycles. The first kappa shape index (κ1) is 21.3. The summed E-state index contributed by atoms with van der Waals surface area (Å²) in [6, 6.07) is 13.1. The minimum absolute atomic E-state index is 0.116. The fraction of sp³-hybridized carbons (Fsp3) is 0.316. The number of amides is 1. The number of nitrogens with zero attached hydrogens (tertiary/aromatic N) is 1. The van der Waals surface area contributed by atoms with E-state index in [4.69, 9.17) is 4.74 Å². The standard InChI is InChI=1S/C19H24N2O4S2/c1-14(13-25-3)20-19(22)15-5-7-16(8-6-15)21(2)27(23,24)18-11-9-17(26-4)10-12-18/h5-12,14H,13H2,1-4H3,(H,20,22)/t14-/m0/s1. The monoisotopic (exact) mass is 408 g/mol. The van der Waals surface area contributed by atoms with Crippen molar-refractivity contribution in [3.63, 3.8) is 0 Å². The number of thioether (sulfide) groups is 1. The number of hydrogen-bond donors (Lipinski definition) is 1. The zero-order valence-electron chi connectivity index (χ0n) is 15.8. The van der Waals surface area contributed by atoms with E-state index in [9.17, 15) is 13.2 Å². The van der Waals surface area contributed by atoms with Crippen LogP contribution >= 0.6 is 11.8 Å². The minimum atomic E-state index is -3.67. The van der Waals surface area contributed by atoms with E-state index in [-0.39, 0.29) is 16.8 Å². The highest BCUT2D eigenvalue weighted by molar-refractivity contribution is 7.98. The summed E-state index contributed by atoms with van der Waals surface area (Å²) in [6.07, 6.45) is 1.93.